The summed E-state index contributed by atoms with van der Waals surface area (Å²) < 4.78 is 18.6. The molecule has 102 valence electrons. The van der Waals surface area contributed by atoms with E-state index in [2.05, 4.69) is 9.97 Å². The van der Waals surface area contributed by atoms with Crippen LogP contribution in [0, 0.1) is 5.82 Å². The smallest absolute Gasteiger partial charge is 0.153 e. The number of halogens is 1. The predicted molar refractivity (Wildman–Crippen MR) is 80.5 cm³/mol. The minimum Gasteiger partial charge on any atom is -0.463 e. The van der Waals surface area contributed by atoms with Gasteiger partial charge in [-0.05, 0) is 29.8 Å². The van der Waals surface area contributed by atoms with Crippen LogP contribution in [-0.4, -0.2) is 9.97 Å². The van der Waals surface area contributed by atoms with Crippen molar-refractivity contribution in [2.75, 3.05) is 0 Å². The van der Waals surface area contributed by atoms with Crippen LogP contribution in [0.1, 0.15) is 0 Å². The van der Waals surface area contributed by atoms with Crippen molar-refractivity contribution in [1.82, 2.24) is 9.97 Å². The second kappa shape index (κ2) is 4.79. The maximum absolute atomic E-state index is 13.1. The molecule has 4 rings (SSSR count). The normalized spacial score (nSPS) is 11.1. The number of hydrogen-bond donors (Lipinski definition) is 0. The van der Waals surface area contributed by atoms with Crippen molar-refractivity contribution >= 4 is 21.6 Å². The van der Waals surface area contributed by atoms with Gasteiger partial charge < -0.3 is 4.42 Å². The number of furan rings is 1. The number of benzene rings is 1. The highest BCUT2D eigenvalue weighted by atomic mass is 32.1. The van der Waals surface area contributed by atoms with Crippen molar-refractivity contribution in [1.29, 1.82) is 0 Å². The van der Waals surface area contributed by atoms with Gasteiger partial charge in [-0.25, -0.2) is 14.4 Å². The van der Waals surface area contributed by atoms with Gasteiger partial charge >= 0.3 is 0 Å². The van der Waals surface area contributed by atoms with E-state index in [-0.39, 0.29) is 5.82 Å². The molecule has 3 nitrogen and oxygen atoms in total. The zero-order valence-corrected chi connectivity index (χ0v) is 11.6. The molecule has 0 bridgehead atoms. The number of hydrogen-bond acceptors (Lipinski definition) is 4. The Hall–Kier alpha value is -2.53. The summed E-state index contributed by atoms with van der Waals surface area (Å²) in [6.45, 7) is 0. The molecule has 0 fully saturated rings. The van der Waals surface area contributed by atoms with Gasteiger partial charge in [-0.3, -0.25) is 0 Å². The SMILES string of the molecule is Fc1ccc(-c2csc3ncnc(-c4ccco4)c23)cc1. The van der Waals surface area contributed by atoms with E-state index in [1.807, 2.05) is 17.5 Å². The molecule has 1 aromatic carbocycles. The molecule has 3 aromatic heterocycles. The highest BCUT2D eigenvalue weighted by Gasteiger charge is 2.15. The first-order chi connectivity index (χ1) is 10.3. The van der Waals surface area contributed by atoms with E-state index >= 15 is 0 Å². The number of thiophene rings is 1. The second-order valence-electron chi connectivity index (χ2n) is 4.54. The molecule has 0 atom stereocenters. The van der Waals surface area contributed by atoms with Gasteiger partial charge in [-0.15, -0.1) is 11.3 Å². The molecule has 4 aromatic rings. The summed E-state index contributed by atoms with van der Waals surface area (Å²) in [6.07, 6.45) is 3.15. The van der Waals surface area contributed by atoms with Crippen LogP contribution in [0.5, 0.6) is 0 Å². The molecule has 0 aliphatic heterocycles. The summed E-state index contributed by atoms with van der Waals surface area (Å²) in [5, 5.41) is 2.95. The first-order valence-corrected chi connectivity index (χ1v) is 7.23. The first-order valence-electron chi connectivity index (χ1n) is 6.35. The van der Waals surface area contributed by atoms with Gasteiger partial charge in [-0.1, -0.05) is 12.1 Å². The van der Waals surface area contributed by atoms with Crippen molar-refractivity contribution in [2.24, 2.45) is 0 Å². The number of rotatable bonds is 2. The Morgan fingerprint density at radius 1 is 1.05 bits per heavy atom. The molecule has 0 saturated carbocycles. The van der Waals surface area contributed by atoms with Crippen LogP contribution in [0.25, 0.3) is 32.8 Å². The van der Waals surface area contributed by atoms with Crippen molar-refractivity contribution in [2.45, 2.75) is 0 Å². The van der Waals surface area contributed by atoms with Gasteiger partial charge in [0.15, 0.2) is 5.76 Å². The lowest BCUT2D eigenvalue weighted by Crippen LogP contribution is -1.86. The molecule has 0 radical (unpaired) electrons. The molecule has 0 spiro atoms. The minimum atomic E-state index is -0.249. The van der Waals surface area contributed by atoms with Crippen LogP contribution < -0.4 is 0 Å². The van der Waals surface area contributed by atoms with E-state index in [4.69, 9.17) is 4.42 Å². The van der Waals surface area contributed by atoms with E-state index in [1.165, 1.54) is 29.8 Å². The second-order valence-corrected chi connectivity index (χ2v) is 5.39. The Labute approximate surface area is 123 Å². The molecule has 0 N–H and O–H groups in total. The van der Waals surface area contributed by atoms with E-state index in [1.54, 1.807) is 18.4 Å². The van der Waals surface area contributed by atoms with Gasteiger partial charge in [0.1, 0.15) is 22.7 Å². The monoisotopic (exact) mass is 296 g/mol. The number of fused-ring (bicyclic) bond motifs is 1. The third-order valence-corrected chi connectivity index (χ3v) is 4.17. The first kappa shape index (κ1) is 12.2. The van der Waals surface area contributed by atoms with E-state index in [9.17, 15) is 4.39 Å². The molecule has 0 unspecified atom stereocenters. The summed E-state index contributed by atoms with van der Waals surface area (Å²) in [7, 11) is 0. The van der Waals surface area contributed by atoms with Crippen molar-refractivity contribution in [3.8, 4) is 22.6 Å². The fourth-order valence-electron chi connectivity index (χ4n) is 2.32. The summed E-state index contributed by atoms with van der Waals surface area (Å²) >= 11 is 1.54. The van der Waals surface area contributed by atoms with Crippen LogP contribution in [0.3, 0.4) is 0 Å². The lowest BCUT2D eigenvalue weighted by Gasteiger charge is -2.03. The zero-order valence-electron chi connectivity index (χ0n) is 10.8. The Bertz CT molecular complexity index is 898. The summed E-state index contributed by atoms with van der Waals surface area (Å²) in [4.78, 5) is 9.55. The largest absolute Gasteiger partial charge is 0.463 e. The van der Waals surface area contributed by atoms with Crippen LogP contribution >= 0.6 is 11.3 Å². The lowest BCUT2D eigenvalue weighted by atomic mass is 10.0. The maximum Gasteiger partial charge on any atom is 0.153 e. The average molecular weight is 296 g/mol. The molecule has 5 heteroatoms. The zero-order chi connectivity index (χ0) is 14.2. The molecular formula is C16H9FN2OS. The molecule has 3 heterocycles. The lowest BCUT2D eigenvalue weighted by molar-refractivity contribution is 0.580. The summed E-state index contributed by atoms with van der Waals surface area (Å²) in [5.74, 6) is 0.449. The Kier molecular flexibility index (Phi) is 2.79. The fraction of sp³-hybridized carbons (Fsp3) is 0. The molecule has 21 heavy (non-hydrogen) atoms. The molecular weight excluding hydrogens is 287 g/mol. The average Bonchev–Trinajstić information content (AvgIpc) is 3.17. The highest BCUT2D eigenvalue weighted by molar-refractivity contribution is 7.17. The van der Waals surface area contributed by atoms with Crippen LogP contribution in [0.2, 0.25) is 0 Å². The third-order valence-electron chi connectivity index (χ3n) is 3.28. The van der Waals surface area contributed by atoms with Gasteiger partial charge in [0.25, 0.3) is 0 Å². The summed E-state index contributed by atoms with van der Waals surface area (Å²) in [6, 6.07) is 10.1. The topological polar surface area (TPSA) is 38.9 Å². The van der Waals surface area contributed by atoms with E-state index in [0.29, 0.717) is 5.76 Å². The number of aromatic nitrogens is 2. The van der Waals surface area contributed by atoms with Crippen molar-refractivity contribution in [3.05, 3.63) is 60.2 Å². The molecule has 0 aliphatic carbocycles. The Morgan fingerprint density at radius 3 is 2.67 bits per heavy atom. The van der Waals surface area contributed by atoms with Crippen LogP contribution in [-0.2, 0) is 0 Å². The third kappa shape index (κ3) is 2.02. The van der Waals surface area contributed by atoms with Crippen molar-refractivity contribution in [3.63, 3.8) is 0 Å². The van der Waals surface area contributed by atoms with Crippen LogP contribution in [0.15, 0.2) is 58.8 Å². The maximum atomic E-state index is 13.1. The standard InChI is InChI=1S/C16H9FN2OS/c17-11-5-3-10(4-6-11)12-8-21-16-14(12)15(18-9-19-16)13-2-1-7-20-13/h1-9H. The van der Waals surface area contributed by atoms with Gasteiger partial charge in [-0.2, -0.15) is 0 Å². The summed E-state index contributed by atoms with van der Waals surface area (Å²) in [5.41, 5.74) is 2.68. The van der Waals surface area contributed by atoms with E-state index < -0.39 is 0 Å². The van der Waals surface area contributed by atoms with Gasteiger partial charge in [0.2, 0.25) is 0 Å². The Balaban J connectivity index is 2.00. The van der Waals surface area contributed by atoms with Crippen molar-refractivity contribution < 1.29 is 8.81 Å². The fourth-order valence-corrected chi connectivity index (χ4v) is 3.23. The molecule has 0 amide bonds. The number of nitrogens with zero attached hydrogens (tertiary/aromatic N) is 2. The molecule has 0 aliphatic rings. The minimum absolute atomic E-state index is 0.249. The van der Waals surface area contributed by atoms with Crippen LogP contribution in [0.4, 0.5) is 4.39 Å². The van der Waals surface area contributed by atoms with Gasteiger partial charge in [0.05, 0.1) is 6.26 Å². The quantitative estimate of drug-likeness (QED) is 0.535. The Morgan fingerprint density at radius 2 is 1.90 bits per heavy atom. The highest BCUT2D eigenvalue weighted by Crippen LogP contribution is 2.38. The molecule has 0 saturated heterocycles. The predicted octanol–water partition coefficient (Wildman–Crippen LogP) is 4.76. The van der Waals surface area contributed by atoms with Gasteiger partial charge in [0, 0.05) is 16.3 Å². The van der Waals surface area contributed by atoms with E-state index in [0.717, 1.165) is 27.0 Å².